The molecule has 0 aliphatic heterocycles. The van der Waals surface area contributed by atoms with Crippen LogP contribution in [0, 0.1) is 0 Å². The van der Waals surface area contributed by atoms with Crippen LogP contribution in [0.25, 0.3) is 10.8 Å². The van der Waals surface area contributed by atoms with Crippen LogP contribution in [0.15, 0.2) is 35.1 Å². The van der Waals surface area contributed by atoms with Crippen LogP contribution in [-0.2, 0) is 0 Å². The number of rotatable bonds is 3. The molecule has 3 N–H and O–H groups in total. The average molecular weight is 272 g/mol. The molecule has 0 radical (unpaired) electrons. The lowest BCUT2D eigenvalue weighted by Crippen LogP contribution is -2.39. The van der Waals surface area contributed by atoms with Crippen LogP contribution in [-0.4, -0.2) is 22.2 Å². The van der Waals surface area contributed by atoms with Crippen LogP contribution in [0.1, 0.15) is 32.1 Å². The van der Waals surface area contributed by atoms with Crippen LogP contribution >= 0.6 is 0 Å². The van der Waals surface area contributed by atoms with E-state index in [-0.39, 0.29) is 5.56 Å². The Kier molecular flexibility index (Phi) is 3.49. The van der Waals surface area contributed by atoms with Gasteiger partial charge in [-0.05, 0) is 30.4 Å². The maximum Gasteiger partial charge on any atom is 0.257 e. The monoisotopic (exact) mass is 272 g/mol. The first-order valence-corrected chi connectivity index (χ1v) is 7.25. The molecule has 4 nitrogen and oxygen atoms in total. The van der Waals surface area contributed by atoms with Gasteiger partial charge in [-0.1, -0.05) is 37.5 Å². The van der Waals surface area contributed by atoms with E-state index in [9.17, 15) is 9.90 Å². The number of anilines is 1. The summed E-state index contributed by atoms with van der Waals surface area (Å²) in [6.07, 6.45) is 5.02. The van der Waals surface area contributed by atoms with E-state index in [2.05, 4.69) is 10.3 Å². The van der Waals surface area contributed by atoms with Gasteiger partial charge in [0.05, 0.1) is 5.60 Å². The van der Waals surface area contributed by atoms with E-state index in [4.69, 9.17) is 0 Å². The summed E-state index contributed by atoms with van der Waals surface area (Å²) in [4.78, 5) is 14.8. The number of aliphatic hydroxyl groups is 1. The third-order valence-electron chi connectivity index (χ3n) is 4.15. The fourth-order valence-corrected chi connectivity index (χ4v) is 2.95. The molecule has 1 saturated carbocycles. The maximum atomic E-state index is 12.0. The molecule has 2 aromatic rings. The molecule has 0 saturated heterocycles. The van der Waals surface area contributed by atoms with E-state index in [0.29, 0.717) is 17.7 Å². The summed E-state index contributed by atoms with van der Waals surface area (Å²) in [6.45, 7) is 0.487. The largest absolute Gasteiger partial charge is 0.388 e. The summed E-state index contributed by atoms with van der Waals surface area (Å²) in [6, 6.07) is 9.43. The van der Waals surface area contributed by atoms with E-state index >= 15 is 0 Å². The van der Waals surface area contributed by atoms with E-state index < -0.39 is 5.60 Å². The highest BCUT2D eigenvalue weighted by atomic mass is 16.3. The van der Waals surface area contributed by atoms with Gasteiger partial charge in [0.25, 0.3) is 5.56 Å². The summed E-state index contributed by atoms with van der Waals surface area (Å²) in [5.41, 5.74) is -0.734. The molecule has 4 heteroatoms. The zero-order chi connectivity index (χ0) is 14.0. The minimum Gasteiger partial charge on any atom is -0.388 e. The van der Waals surface area contributed by atoms with Gasteiger partial charge in [0.15, 0.2) is 0 Å². The lowest BCUT2D eigenvalue weighted by molar-refractivity contribution is 0.0166. The molecule has 106 valence electrons. The average Bonchev–Trinajstić information content (AvgIpc) is 2.46. The van der Waals surface area contributed by atoms with Crippen molar-refractivity contribution in [1.82, 2.24) is 4.98 Å². The van der Waals surface area contributed by atoms with Crippen molar-refractivity contribution in [3.63, 3.8) is 0 Å². The Morgan fingerprint density at radius 1 is 1.20 bits per heavy atom. The second kappa shape index (κ2) is 5.29. The van der Waals surface area contributed by atoms with Crippen molar-refractivity contribution < 1.29 is 5.11 Å². The second-order valence-electron chi connectivity index (χ2n) is 5.74. The third-order valence-corrected chi connectivity index (χ3v) is 4.15. The SMILES string of the molecule is O=c1[nH]c(NCC2(O)CCCCC2)cc2ccccc12. The van der Waals surface area contributed by atoms with Crippen molar-refractivity contribution >= 4 is 16.6 Å². The zero-order valence-corrected chi connectivity index (χ0v) is 11.5. The summed E-state index contributed by atoms with van der Waals surface area (Å²) >= 11 is 0. The fraction of sp³-hybridized carbons (Fsp3) is 0.438. The molecule has 20 heavy (non-hydrogen) atoms. The summed E-state index contributed by atoms with van der Waals surface area (Å²) < 4.78 is 0. The number of benzene rings is 1. The Morgan fingerprint density at radius 3 is 2.75 bits per heavy atom. The van der Waals surface area contributed by atoms with Gasteiger partial charge in [-0.15, -0.1) is 0 Å². The van der Waals surface area contributed by atoms with Crippen molar-refractivity contribution in [3.8, 4) is 0 Å². The first kappa shape index (κ1) is 13.2. The Hall–Kier alpha value is -1.81. The fourth-order valence-electron chi connectivity index (χ4n) is 2.95. The van der Waals surface area contributed by atoms with E-state index in [1.165, 1.54) is 6.42 Å². The quantitative estimate of drug-likeness (QED) is 0.804. The number of aromatic nitrogens is 1. The number of nitrogens with one attached hydrogen (secondary N) is 2. The Bertz CT molecular complexity index is 657. The number of fused-ring (bicyclic) bond motifs is 1. The number of hydrogen-bond donors (Lipinski definition) is 3. The first-order chi connectivity index (χ1) is 9.66. The molecule has 1 aromatic carbocycles. The van der Waals surface area contributed by atoms with Gasteiger partial charge >= 0.3 is 0 Å². The van der Waals surface area contributed by atoms with Crippen molar-refractivity contribution in [2.45, 2.75) is 37.7 Å². The number of pyridine rings is 1. The zero-order valence-electron chi connectivity index (χ0n) is 11.5. The van der Waals surface area contributed by atoms with Crippen LogP contribution in [0.2, 0.25) is 0 Å². The Morgan fingerprint density at radius 2 is 1.95 bits per heavy atom. The summed E-state index contributed by atoms with van der Waals surface area (Å²) in [7, 11) is 0. The van der Waals surface area contributed by atoms with Crippen molar-refractivity contribution in [2.75, 3.05) is 11.9 Å². The Labute approximate surface area is 117 Å². The molecule has 1 heterocycles. The highest BCUT2D eigenvalue weighted by Crippen LogP contribution is 2.28. The molecule has 3 rings (SSSR count). The lowest BCUT2D eigenvalue weighted by Gasteiger charge is -2.32. The number of H-pyrrole nitrogens is 1. The molecule has 1 fully saturated rings. The first-order valence-electron chi connectivity index (χ1n) is 7.25. The van der Waals surface area contributed by atoms with E-state index in [1.807, 2.05) is 30.3 Å². The molecule has 1 aromatic heterocycles. The van der Waals surface area contributed by atoms with Crippen LogP contribution < -0.4 is 10.9 Å². The standard InChI is InChI=1S/C16H20N2O2/c19-15-13-7-3-2-6-12(13)10-14(18-15)17-11-16(20)8-4-1-5-9-16/h2-3,6-7,10,20H,1,4-5,8-9,11H2,(H2,17,18,19). The highest BCUT2D eigenvalue weighted by Gasteiger charge is 2.28. The molecule has 0 bridgehead atoms. The third kappa shape index (κ3) is 2.70. The van der Waals surface area contributed by atoms with Crippen LogP contribution in [0.5, 0.6) is 0 Å². The highest BCUT2D eigenvalue weighted by molar-refractivity contribution is 5.83. The topological polar surface area (TPSA) is 65.1 Å². The van der Waals surface area contributed by atoms with Crippen molar-refractivity contribution in [2.24, 2.45) is 0 Å². The Balaban J connectivity index is 1.79. The minimum atomic E-state index is -0.638. The molecule has 0 atom stereocenters. The normalized spacial score (nSPS) is 18.1. The van der Waals surface area contributed by atoms with Gasteiger partial charge < -0.3 is 15.4 Å². The minimum absolute atomic E-state index is 0.0961. The van der Waals surface area contributed by atoms with Crippen LogP contribution in [0.3, 0.4) is 0 Å². The van der Waals surface area contributed by atoms with Gasteiger partial charge in [0.2, 0.25) is 0 Å². The maximum absolute atomic E-state index is 12.0. The molecular formula is C16H20N2O2. The number of aromatic amines is 1. The predicted octanol–water partition coefficient (Wildman–Crippen LogP) is 2.64. The van der Waals surface area contributed by atoms with Gasteiger partial charge in [0, 0.05) is 11.9 Å². The van der Waals surface area contributed by atoms with Crippen LogP contribution in [0.4, 0.5) is 5.82 Å². The molecule has 0 unspecified atom stereocenters. The summed E-state index contributed by atoms with van der Waals surface area (Å²) in [5.74, 6) is 0.674. The smallest absolute Gasteiger partial charge is 0.257 e. The second-order valence-corrected chi connectivity index (χ2v) is 5.74. The molecule has 0 spiro atoms. The van der Waals surface area contributed by atoms with E-state index in [1.54, 1.807) is 0 Å². The lowest BCUT2D eigenvalue weighted by atomic mass is 9.85. The van der Waals surface area contributed by atoms with Gasteiger partial charge in [-0.2, -0.15) is 0 Å². The van der Waals surface area contributed by atoms with Gasteiger partial charge in [0.1, 0.15) is 5.82 Å². The van der Waals surface area contributed by atoms with E-state index in [0.717, 1.165) is 31.1 Å². The molecule has 1 aliphatic rings. The van der Waals surface area contributed by atoms with Gasteiger partial charge in [-0.3, -0.25) is 4.79 Å². The molecule has 0 amide bonds. The predicted molar refractivity (Wildman–Crippen MR) is 81.1 cm³/mol. The molecular weight excluding hydrogens is 252 g/mol. The van der Waals surface area contributed by atoms with Gasteiger partial charge in [-0.25, -0.2) is 0 Å². The number of hydrogen-bond acceptors (Lipinski definition) is 3. The summed E-state index contributed by atoms with van der Waals surface area (Å²) in [5, 5.41) is 15.2. The van der Waals surface area contributed by atoms with Crippen molar-refractivity contribution in [1.29, 1.82) is 0 Å². The van der Waals surface area contributed by atoms with Crippen molar-refractivity contribution in [3.05, 3.63) is 40.7 Å². The molecule has 1 aliphatic carbocycles.